The zero-order chi connectivity index (χ0) is 14.9. The van der Waals surface area contributed by atoms with E-state index in [-0.39, 0.29) is 0 Å². The summed E-state index contributed by atoms with van der Waals surface area (Å²) in [6.07, 6.45) is 6.47. The minimum Gasteiger partial charge on any atom is -0.493 e. The van der Waals surface area contributed by atoms with Gasteiger partial charge in [0.25, 0.3) is 0 Å². The lowest BCUT2D eigenvalue weighted by atomic mass is 9.79. The Morgan fingerprint density at radius 1 is 1.48 bits per heavy atom. The van der Waals surface area contributed by atoms with Gasteiger partial charge in [-0.1, -0.05) is 25.5 Å². The topological polar surface area (TPSA) is 46.5 Å². The molecule has 3 heteroatoms. The fourth-order valence-corrected chi connectivity index (χ4v) is 3.89. The van der Waals surface area contributed by atoms with E-state index in [1.165, 1.54) is 11.1 Å². The summed E-state index contributed by atoms with van der Waals surface area (Å²) in [6, 6.07) is 6.32. The Morgan fingerprint density at radius 2 is 2.33 bits per heavy atom. The highest BCUT2D eigenvalue weighted by molar-refractivity contribution is 5.75. The zero-order valence-corrected chi connectivity index (χ0v) is 12.7. The second-order valence-electron chi connectivity index (χ2n) is 6.64. The van der Waals surface area contributed by atoms with Crippen LogP contribution in [0.4, 0.5) is 0 Å². The molecule has 0 amide bonds. The highest BCUT2D eigenvalue weighted by Crippen LogP contribution is 2.46. The van der Waals surface area contributed by atoms with Crippen LogP contribution in [0.15, 0.2) is 18.2 Å². The summed E-state index contributed by atoms with van der Waals surface area (Å²) in [5.41, 5.74) is 2.03. The van der Waals surface area contributed by atoms with E-state index in [2.05, 4.69) is 19.1 Å². The molecular formula is C18H24O3. The van der Waals surface area contributed by atoms with Crippen molar-refractivity contribution in [2.75, 3.05) is 6.61 Å². The van der Waals surface area contributed by atoms with Crippen molar-refractivity contribution in [2.24, 2.45) is 11.3 Å². The van der Waals surface area contributed by atoms with Crippen LogP contribution in [0.1, 0.15) is 50.2 Å². The monoisotopic (exact) mass is 288 g/mol. The standard InChI is InChI=1S/C18H24O3/c1-2-13-5-8-18(12-13,17(19)20)9-6-14-3-4-16-15(11-14)7-10-21-16/h3-4,11,13H,2,5-10,12H2,1H3,(H,19,20). The highest BCUT2D eigenvalue weighted by atomic mass is 16.5. The van der Waals surface area contributed by atoms with Gasteiger partial charge in [-0.05, 0) is 55.2 Å². The Hall–Kier alpha value is -1.51. The third-order valence-electron chi connectivity index (χ3n) is 5.39. The molecule has 0 aromatic heterocycles. The van der Waals surface area contributed by atoms with Crippen molar-refractivity contribution in [3.63, 3.8) is 0 Å². The maximum Gasteiger partial charge on any atom is 0.309 e. The predicted molar refractivity (Wildman–Crippen MR) is 81.7 cm³/mol. The predicted octanol–water partition coefficient (Wildman–Crippen LogP) is 3.84. The molecule has 2 unspecified atom stereocenters. The number of aryl methyl sites for hydroxylation is 1. The average Bonchev–Trinajstić information content (AvgIpc) is 3.12. The summed E-state index contributed by atoms with van der Waals surface area (Å²) in [6.45, 7) is 2.94. The number of benzene rings is 1. The van der Waals surface area contributed by atoms with Gasteiger partial charge < -0.3 is 9.84 Å². The van der Waals surface area contributed by atoms with E-state index in [1.54, 1.807) is 0 Å². The molecule has 2 aliphatic rings. The van der Waals surface area contributed by atoms with Crippen LogP contribution in [0.3, 0.4) is 0 Å². The lowest BCUT2D eigenvalue weighted by Gasteiger charge is -2.24. The number of ether oxygens (including phenoxy) is 1. The van der Waals surface area contributed by atoms with E-state index >= 15 is 0 Å². The van der Waals surface area contributed by atoms with Crippen LogP contribution in [0.5, 0.6) is 5.75 Å². The molecule has 3 rings (SSSR count). The third kappa shape index (κ3) is 2.78. The van der Waals surface area contributed by atoms with Gasteiger partial charge in [-0.15, -0.1) is 0 Å². The second-order valence-corrected chi connectivity index (χ2v) is 6.64. The summed E-state index contributed by atoms with van der Waals surface area (Å²) < 4.78 is 5.52. The first kappa shape index (κ1) is 14.4. The van der Waals surface area contributed by atoms with Gasteiger partial charge in [-0.3, -0.25) is 4.79 Å². The molecule has 2 atom stereocenters. The Morgan fingerprint density at radius 3 is 3.05 bits per heavy atom. The van der Waals surface area contributed by atoms with E-state index in [1.807, 2.05) is 6.07 Å². The number of hydrogen-bond donors (Lipinski definition) is 1. The number of hydrogen-bond acceptors (Lipinski definition) is 2. The number of carboxylic acid groups (broad SMARTS) is 1. The minimum atomic E-state index is -0.594. The number of carbonyl (C=O) groups is 1. The first-order valence-electron chi connectivity index (χ1n) is 8.11. The van der Waals surface area contributed by atoms with Crippen LogP contribution >= 0.6 is 0 Å². The maximum absolute atomic E-state index is 11.8. The van der Waals surface area contributed by atoms with Crippen LogP contribution < -0.4 is 4.74 Å². The van der Waals surface area contributed by atoms with E-state index in [0.717, 1.165) is 57.3 Å². The summed E-state index contributed by atoms with van der Waals surface area (Å²) in [5.74, 6) is 0.996. The van der Waals surface area contributed by atoms with Crippen molar-refractivity contribution in [1.82, 2.24) is 0 Å². The second kappa shape index (κ2) is 5.70. The molecule has 0 spiro atoms. The molecule has 1 aliphatic carbocycles. The van der Waals surface area contributed by atoms with E-state index in [4.69, 9.17) is 4.74 Å². The molecule has 1 aromatic carbocycles. The highest BCUT2D eigenvalue weighted by Gasteiger charge is 2.44. The van der Waals surface area contributed by atoms with Gasteiger partial charge in [0.2, 0.25) is 0 Å². The van der Waals surface area contributed by atoms with Gasteiger partial charge in [-0.25, -0.2) is 0 Å². The Labute approximate surface area is 126 Å². The largest absolute Gasteiger partial charge is 0.493 e. The molecule has 1 aliphatic heterocycles. The summed E-state index contributed by atoms with van der Waals surface area (Å²) in [5, 5.41) is 9.69. The summed E-state index contributed by atoms with van der Waals surface area (Å²) in [7, 11) is 0. The van der Waals surface area contributed by atoms with E-state index in [9.17, 15) is 9.90 Å². The molecule has 1 fully saturated rings. The van der Waals surface area contributed by atoms with Crippen LogP contribution in [0.2, 0.25) is 0 Å². The van der Waals surface area contributed by atoms with Crippen molar-refractivity contribution in [3.05, 3.63) is 29.3 Å². The molecule has 1 saturated carbocycles. The lowest BCUT2D eigenvalue weighted by Crippen LogP contribution is -2.29. The lowest BCUT2D eigenvalue weighted by molar-refractivity contribution is -0.149. The molecular weight excluding hydrogens is 264 g/mol. The molecule has 1 N–H and O–H groups in total. The van der Waals surface area contributed by atoms with Crippen molar-refractivity contribution >= 4 is 5.97 Å². The van der Waals surface area contributed by atoms with Gasteiger partial charge in [0, 0.05) is 6.42 Å². The van der Waals surface area contributed by atoms with Crippen LogP contribution in [-0.4, -0.2) is 17.7 Å². The van der Waals surface area contributed by atoms with Crippen LogP contribution in [-0.2, 0) is 17.6 Å². The Balaban J connectivity index is 1.69. The van der Waals surface area contributed by atoms with Gasteiger partial charge in [0.1, 0.15) is 5.75 Å². The van der Waals surface area contributed by atoms with Crippen molar-refractivity contribution < 1.29 is 14.6 Å². The molecule has 1 heterocycles. The van der Waals surface area contributed by atoms with E-state index < -0.39 is 11.4 Å². The van der Waals surface area contributed by atoms with Crippen LogP contribution in [0.25, 0.3) is 0 Å². The zero-order valence-electron chi connectivity index (χ0n) is 12.7. The SMILES string of the molecule is CCC1CCC(CCc2ccc3c(c2)CCO3)(C(=O)O)C1. The van der Waals surface area contributed by atoms with Crippen molar-refractivity contribution in [3.8, 4) is 5.75 Å². The summed E-state index contributed by atoms with van der Waals surface area (Å²) in [4.78, 5) is 11.8. The molecule has 1 aromatic rings. The van der Waals surface area contributed by atoms with Crippen molar-refractivity contribution in [2.45, 2.75) is 51.9 Å². The quantitative estimate of drug-likeness (QED) is 0.895. The van der Waals surface area contributed by atoms with Crippen molar-refractivity contribution in [1.29, 1.82) is 0 Å². The number of aliphatic carboxylic acids is 1. The van der Waals surface area contributed by atoms with Crippen LogP contribution in [0, 0.1) is 11.3 Å². The van der Waals surface area contributed by atoms with Gasteiger partial charge in [-0.2, -0.15) is 0 Å². The fraction of sp³-hybridized carbons (Fsp3) is 0.611. The molecule has 3 nitrogen and oxygen atoms in total. The smallest absolute Gasteiger partial charge is 0.309 e. The van der Waals surface area contributed by atoms with Gasteiger partial charge in [0.05, 0.1) is 12.0 Å². The van der Waals surface area contributed by atoms with Gasteiger partial charge >= 0.3 is 5.97 Å². The first-order valence-corrected chi connectivity index (χ1v) is 8.11. The fourth-order valence-electron chi connectivity index (χ4n) is 3.89. The first-order chi connectivity index (χ1) is 10.1. The molecule has 21 heavy (non-hydrogen) atoms. The number of carboxylic acids is 1. The Bertz CT molecular complexity index is 537. The molecule has 0 saturated heterocycles. The number of rotatable bonds is 5. The third-order valence-corrected chi connectivity index (χ3v) is 5.39. The molecule has 0 radical (unpaired) electrons. The van der Waals surface area contributed by atoms with Gasteiger partial charge in [0.15, 0.2) is 0 Å². The normalized spacial score (nSPS) is 27.4. The molecule has 0 bridgehead atoms. The molecule has 114 valence electrons. The average molecular weight is 288 g/mol. The Kier molecular flexibility index (Phi) is 3.92. The minimum absolute atomic E-state index is 0.490. The van der Waals surface area contributed by atoms with E-state index in [0.29, 0.717) is 5.92 Å². The maximum atomic E-state index is 11.8. The summed E-state index contributed by atoms with van der Waals surface area (Å²) >= 11 is 0. The number of fused-ring (bicyclic) bond motifs is 1.